The molecular formula is C20H27N3O6. The van der Waals surface area contributed by atoms with Crippen molar-refractivity contribution < 1.29 is 28.6 Å². The van der Waals surface area contributed by atoms with Gasteiger partial charge in [-0.15, -0.1) is 0 Å². The SMILES string of the molecule is COC(=O)[C@@H](NC(=O)N1CCN(C(=O)[C@@H]2COc3ccccc3O2)CC1)C(C)C. The maximum absolute atomic E-state index is 12.8. The van der Waals surface area contributed by atoms with Gasteiger partial charge in [0, 0.05) is 26.2 Å². The number of nitrogens with one attached hydrogen (secondary N) is 1. The molecule has 1 N–H and O–H groups in total. The van der Waals surface area contributed by atoms with E-state index in [-0.39, 0.29) is 24.5 Å². The van der Waals surface area contributed by atoms with E-state index in [1.165, 1.54) is 7.11 Å². The highest BCUT2D eigenvalue weighted by Crippen LogP contribution is 2.31. The first-order valence-electron chi connectivity index (χ1n) is 9.71. The van der Waals surface area contributed by atoms with Crippen molar-refractivity contribution in [1.29, 1.82) is 0 Å². The summed E-state index contributed by atoms with van der Waals surface area (Å²) in [5.41, 5.74) is 0. The van der Waals surface area contributed by atoms with Gasteiger partial charge in [-0.3, -0.25) is 4.79 Å². The minimum atomic E-state index is -0.708. The molecule has 1 aromatic rings. The Kier molecular flexibility index (Phi) is 6.46. The number of fused-ring (bicyclic) bond motifs is 1. The zero-order valence-electron chi connectivity index (χ0n) is 16.9. The number of rotatable bonds is 4. The molecule has 1 fully saturated rings. The topological polar surface area (TPSA) is 97.4 Å². The van der Waals surface area contributed by atoms with E-state index >= 15 is 0 Å². The molecule has 0 saturated carbocycles. The summed E-state index contributed by atoms with van der Waals surface area (Å²) in [6.07, 6.45) is -0.699. The number of benzene rings is 1. The van der Waals surface area contributed by atoms with Crippen molar-refractivity contribution >= 4 is 17.9 Å². The molecule has 3 amide bonds. The van der Waals surface area contributed by atoms with Crippen LogP contribution in [0.1, 0.15) is 13.8 Å². The Morgan fingerprint density at radius 2 is 1.69 bits per heavy atom. The molecule has 3 rings (SSSR count). The van der Waals surface area contributed by atoms with Gasteiger partial charge >= 0.3 is 12.0 Å². The Bertz CT molecular complexity index is 760. The molecule has 2 aliphatic rings. The fourth-order valence-electron chi connectivity index (χ4n) is 3.32. The molecule has 2 heterocycles. The molecule has 0 aromatic heterocycles. The van der Waals surface area contributed by atoms with Crippen LogP contribution < -0.4 is 14.8 Å². The number of nitrogens with zero attached hydrogens (tertiary/aromatic N) is 2. The fourth-order valence-corrected chi connectivity index (χ4v) is 3.32. The van der Waals surface area contributed by atoms with Crippen molar-refractivity contribution in [3.05, 3.63) is 24.3 Å². The molecule has 0 spiro atoms. The van der Waals surface area contributed by atoms with Crippen LogP contribution in [0.15, 0.2) is 24.3 Å². The Balaban J connectivity index is 1.52. The molecule has 0 radical (unpaired) electrons. The van der Waals surface area contributed by atoms with Crippen LogP contribution in [-0.2, 0) is 14.3 Å². The second-order valence-electron chi connectivity index (χ2n) is 7.37. The first kappa shape index (κ1) is 20.8. The quantitative estimate of drug-likeness (QED) is 0.747. The molecule has 29 heavy (non-hydrogen) atoms. The van der Waals surface area contributed by atoms with E-state index in [9.17, 15) is 14.4 Å². The Labute approximate surface area is 169 Å². The lowest BCUT2D eigenvalue weighted by molar-refractivity contribution is -0.144. The van der Waals surface area contributed by atoms with E-state index in [4.69, 9.17) is 14.2 Å². The average Bonchev–Trinajstić information content (AvgIpc) is 2.75. The number of methoxy groups -OCH3 is 1. The predicted molar refractivity (Wildman–Crippen MR) is 104 cm³/mol. The van der Waals surface area contributed by atoms with Gasteiger partial charge in [0.1, 0.15) is 12.6 Å². The Morgan fingerprint density at radius 3 is 2.31 bits per heavy atom. The smallest absolute Gasteiger partial charge is 0.328 e. The number of hydrogen-bond donors (Lipinski definition) is 1. The third-order valence-corrected chi connectivity index (χ3v) is 5.06. The first-order chi connectivity index (χ1) is 13.9. The maximum atomic E-state index is 12.8. The minimum absolute atomic E-state index is 0.0967. The monoisotopic (exact) mass is 405 g/mol. The molecule has 2 atom stereocenters. The van der Waals surface area contributed by atoms with Gasteiger partial charge in [0.2, 0.25) is 6.10 Å². The summed E-state index contributed by atoms with van der Waals surface area (Å²) in [6.45, 7) is 5.34. The first-order valence-corrected chi connectivity index (χ1v) is 9.71. The van der Waals surface area contributed by atoms with Crippen LogP contribution in [0.3, 0.4) is 0 Å². The van der Waals surface area contributed by atoms with Gasteiger partial charge < -0.3 is 29.3 Å². The van der Waals surface area contributed by atoms with Crippen LogP contribution in [0, 0.1) is 5.92 Å². The van der Waals surface area contributed by atoms with Crippen LogP contribution >= 0.6 is 0 Å². The molecule has 2 aliphatic heterocycles. The van der Waals surface area contributed by atoms with Crippen LogP contribution in [0.25, 0.3) is 0 Å². The second-order valence-corrected chi connectivity index (χ2v) is 7.37. The van der Waals surface area contributed by atoms with Gasteiger partial charge in [0.05, 0.1) is 7.11 Å². The summed E-state index contributed by atoms with van der Waals surface area (Å²) >= 11 is 0. The maximum Gasteiger partial charge on any atom is 0.328 e. The average molecular weight is 405 g/mol. The lowest BCUT2D eigenvalue weighted by Crippen LogP contribution is -2.58. The standard InChI is InChI=1S/C20H27N3O6/c1-13(2)17(19(25)27-3)21-20(26)23-10-8-22(9-11-23)18(24)16-12-28-14-6-4-5-7-15(14)29-16/h4-7,13,16-17H,8-12H2,1-3H3,(H,21,26)/t16-,17-/m0/s1. The lowest BCUT2D eigenvalue weighted by Gasteiger charge is -2.37. The number of amides is 3. The second kappa shape index (κ2) is 9.02. The van der Waals surface area contributed by atoms with Gasteiger partial charge in [-0.2, -0.15) is 0 Å². The van der Waals surface area contributed by atoms with Crippen molar-refractivity contribution in [2.45, 2.75) is 26.0 Å². The number of carbonyl (C=O) groups is 3. The van der Waals surface area contributed by atoms with Crippen LogP contribution in [-0.4, -0.2) is 79.7 Å². The van der Waals surface area contributed by atoms with E-state index in [1.807, 2.05) is 26.0 Å². The van der Waals surface area contributed by atoms with E-state index in [0.29, 0.717) is 37.7 Å². The van der Waals surface area contributed by atoms with Gasteiger partial charge in [0.15, 0.2) is 11.5 Å². The number of esters is 1. The van der Waals surface area contributed by atoms with E-state index in [2.05, 4.69) is 5.32 Å². The molecule has 9 heteroatoms. The normalized spacial score (nSPS) is 19.5. The summed E-state index contributed by atoms with van der Waals surface area (Å²) < 4.78 is 16.1. The lowest BCUT2D eigenvalue weighted by atomic mass is 10.1. The van der Waals surface area contributed by atoms with Crippen molar-refractivity contribution in [3.8, 4) is 11.5 Å². The summed E-state index contributed by atoms with van der Waals surface area (Å²) in [5.74, 6) is 0.452. The molecular weight excluding hydrogens is 378 g/mol. The van der Waals surface area contributed by atoms with E-state index in [1.54, 1.807) is 21.9 Å². The predicted octanol–water partition coefficient (Wildman–Crippen LogP) is 0.878. The van der Waals surface area contributed by atoms with Gasteiger partial charge in [-0.05, 0) is 18.1 Å². The molecule has 0 aliphatic carbocycles. The van der Waals surface area contributed by atoms with Crippen molar-refractivity contribution in [3.63, 3.8) is 0 Å². The van der Waals surface area contributed by atoms with Gasteiger partial charge in [0.25, 0.3) is 5.91 Å². The Morgan fingerprint density at radius 1 is 1.07 bits per heavy atom. The minimum Gasteiger partial charge on any atom is -0.485 e. The van der Waals surface area contributed by atoms with Crippen LogP contribution in [0.5, 0.6) is 11.5 Å². The molecule has 9 nitrogen and oxygen atoms in total. The molecule has 158 valence electrons. The molecule has 1 saturated heterocycles. The summed E-state index contributed by atoms with van der Waals surface area (Å²) in [4.78, 5) is 40.4. The van der Waals surface area contributed by atoms with Gasteiger partial charge in [-0.25, -0.2) is 9.59 Å². The van der Waals surface area contributed by atoms with E-state index < -0.39 is 18.1 Å². The third-order valence-electron chi connectivity index (χ3n) is 5.06. The zero-order valence-corrected chi connectivity index (χ0v) is 16.9. The highest BCUT2D eigenvalue weighted by Gasteiger charge is 2.34. The fraction of sp³-hybridized carbons (Fsp3) is 0.550. The number of ether oxygens (including phenoxy) is 3. The third kappa shape index (κ3) is 4.72. The summed E-state index contributed by atoms with van der Waals surface area (Å²) in [6, 6.07) is 6.19. The summed E-state index contributed by atoms with van der Waals surface area (Å²) in [7, 11) is 1.30. The number of carbonyl (C=O) groups excluding carboxylic acids is 3. The number of piperazine rings is 1. The molecule has 1 aromatic carbocycles. The van der Waals surface area contributed by atoms with E-state index in [0.717, 1.165) is 0 Å². The van der Waals surface area contributed by atoms with Crippen LogP contribution in [0.4, 0.5) is 4.79 Å². The number of urea groups is 1. The Hall–Kier alpha value is -2.97. The molecule has 0 unspecified atom stereocenters. The highest BCUT2D eigenvalue weighted by molar-refractivity contribution is 5.84. The number of para-hydroxylation sites is 2. The van der Waals surface area contributed by atoms with Crippen molar-refractivity contribution in [2.24, 2.45) is 5.92 Å². The van der Waals surface area contributed by atoms with Gasteiger partial charge in [-0.1, -0.05) is 26.0 Å². The molecule has 0 bridgehead atoms. The van der Waals surface area contributed by atoms with Crippen LogP contribution in [0.2, 0.25) is 0 Å². The van der Waals surface area contributed by atoms with Crippen molar-refractivity contribution in [1.82, 2.24) is 15.1 Å². The number of hydrogen-bond acceptors (Lipinski definition) is 6. The summed E-state index contributed by atoms with van der Waals surface area (Å²) in [5, 5.41) is 2.72. The van der Waals surface area contributed by atoms with Crippen molar-refractivity contribution in [2.75, 3.05) is 39.9 Å². The largest absolute Gasteiger partial charge is 0.485 e. The highest BCUT2D eigenvalue weighted by atomic mass is 16.6. The zero-order chi connectivity index (χ0) is 21.0.